The molecular formula is C17H22N6. The maximum atomic E-state index is 4.48. The summed E-state index contributed by atoms with van der Waals surface area (Å²) >= 11 is 0. The minimum Gasteiger partial charge on any atom is -0.304 e. The molecule has 1 unspecified atom stereocenters. The number of nitrogens with zero attached hydrogens (tertiary/aromatic N) is 5. The molecule has 2 heterocycles. The van der Waals surface area contributed by atoms with Crippen LogP contribution in [0.25, 0.3) is 5.69 Å². The Labute approximate surface area is 136 Å². The highest BCUT2D eigenvalue weighted by Crippen LogP contribution is 2.17. The van der Waals surface area contributed by atoms with Gasteiger partial charge in [-0.3, -0.25) is 0 Å². The Balaban J connectivity index is 1.69. The summed E-state index contributed by atoms with van der Waals surface area (Å²) in [6, 6.07) is 10.5. The van der Waals surface area contributed by atoms with Crippen molar-refractivity contribution in [3.8, 4) is 5.69 Å². The van der Waals surface area contributed by atoms with Gasteiger partial charge in [-0.2, -0.15) is 20.1 Å². The van der Waals surface area contributed by atoms with Crippen molar-refractivity contribution < 1.29 is 0 Å². The smallest absolute Gasteiger partial charge is 0.0994 e. The maximum absolute atomic E-state index is 4.48. The summed E-state index contributed by atoms with van der Waals surface area (Å²) < 4.78 is 1.87. The Bertz CT molecular complexity index is 759. The summed E-state index contributed by atoms with van der Waals surface area (Å²) in [6.07, 6.45) is 3.73. The Hall–Kier alpha value is -2.47. The van der Waals surface area contributed by atoms with E-state index in [-0.39, 0.29) is 6.04 Å². The van der Waals surface area contributed by atoms with E-state index < -0.39 is 0 Å². The van der Waals surface area contributed by atoms with Crippen LogP contribution in [-0.2, 0) is 13.1 Å². The number of aryl methyl sites for hydroxylation is 2. The van der Waals surface area contributed by atoms with Gasteiger partial charge in [0, 0.05) is 25.0 Å². The van der Waals surface area contributed by atoms with Crippen LogP contribution in [-0.4, -0.2) is 24.8 Å². The lowest BCUT2D eigenvalue weighted by molar-refractivity contribution is 0.538. The van der Waals surface area contributed by atoms with Crippen LogP contribution < -0.4 is 5.32 Å². The van der Waals surface area contributed by atoms with Crippen LogP contribution >= 0.6 is 0 Å². The lowest BCUT2D eigenvalue weighted by atomic mass is 10.1. The van der Waals surface area contributed by atoms with Gasteiger partial charge in [-0.05, 0) is 44.5 Å². The molecule has 6 heteroatoms. The average Bonchev–Trinajstić information content (AvgIpc) is 3.22. The van der Waals surface area contributed by atoms with Gasteiger partial charge in [0.15, 0.2) is 0 Å². The van der Waals surface area contributed by atoms with Gasteiger partial charge in [-0.15, -0.1) is 0 Å². The van der Waals surface area contributed by atoms with E-state index in [1.54, 1.807) is 11.0 Å². The highest BCUT2D eigenvalue weighted by molar-refractivity contribution is 5.36. The third-order valence-electron chi connectivity index (χ3n) is 3.92. The molecule has 0 amide bonds. The van der Waals surface area contributed by atoms with Crippen LogP contribution in [0.1, 0.15) is 36.8 Å². The molecule has 0 aliphatic carbocycles. The highest BCUT2D eigenvalue weighted by atomic mass is 15.5. The molecule has 0 bridgehead atoms. The largest absolute Gasteiger partial charge is 0.304 e. The van der Waals surface area contributed by atoms with E-state index >= 15 is 0 Å². The highest BCUT2D eigenvalue weighted by Gasteiger charge is 2.10. The fourth-order valence-electron chi connectivity index (χ4n) is 2.50. The molecule has 3 aromatic rings. The molecule has 0 aliphatic rings. The van der Waals surface area contributed by atoms with Crippen molar-refractivity contribution in [1.82, 2.24) is 30.1 Å². The second kappa shape index (κ2) is 6.75. The number of rotatable bonds is 6. The van der Waals surface area contributed by atoms with E-state index in [2.05, 4.69) is 51.8 Å². The monoisotopic (exact) mass is 310 g/mol. The van der Waals surface area contributed by atoms with E-state index in [0.717, 1.165) is 23.6 Å². The van der Waals surface area contributed by atoms with Gasteiger partial charge < -0.3 is 5.32 Å². The van der Waals surface area contributed by atoms with Crippen molar-refractivity contribution in [3.63, 3.8) is 0 Å². The van der Waals surface area contributed by atoms with Crippen LogP contribution in [0.2, 0.25) is 0 Å². The van der Waals surface area contributed by atoms with Crippen LogP contribution in [0.4, 0.5) is 0 Å². The van der Waals surface area contributed by atoms with Crippen LogP contribution in [0.5, 0.6) is 0 Å². The standard InChI is InChI=1S/C17H22N6/c1-4-23-20-14(3)17(21-23)12-18-13(2)15-7-5-8-16(11-15)22-10-6-9-19-22/h5-11,13,18H,4,12H2,1-3H3. The van der Waals surface area contributed by atoms with Crippen molar-refractivity contribution in [2.24, 2.45) is 0 Å². The number of nitrogens with one attached hydrogen (secondary N) is 1. The number of hydrogen-bond donors (Lipinski definition) is 1. The summed E-state index contributed by atoms with van der Waals surface area (Å²) in [7, 11) is 0. The van der Waals surface area contributed by atoms with E-state index in [1.807, 2.05) is 30.8 Å². The Morgan fingerprint density at radius 2 is 2.09 bits per heavy atom. The molecule has 6 nitrogen and oxygen atoms in total. The van der Waals surface area contributed by atoms with E-state index in [9.17, 15) is 0 Å². The Kier molecular flexibility index (Phi) is 4.52. The molecule has 120 valence electrons. The molecule has 1 N–H and O–H groups in total. The second-order valence-electron chi connectivity index (χ2n) is 5.57. The molecule has 1 aromatic carbocycles. The first-order valence-corrected chi connectivity index (χ1v) is 7.91. The molecule has 3 rings (SSSR count). The predicted octanol–water partition coefficient (Wildman–Crippen LogP) is 2.64. The normalized spacial score (nSPS) is 12.5. The first-order valence-electron chi connectivity index (χ1n) is 7.91. The third kappa shape index (κ3) is 3.48. The summed E-state index contributed by atoms with van der Waals surface area (Å²) in [5.74, 6) is 0. The lowest BCUT2D eigenvalue weighted by Crippen LogP contribution is -2.19. The fourth-order valence-corrected chi connectivity index (χ4v) is 2.50. The summed E-state index contributed by atoms with van der Waals surface area (Å²) in [6.45, 7) is 7.70. The van der Waals surface area contributed by atoms with Crippen LogP contribution in [0.15, 0.2) is 42.7 Å². The van der Waals surface area contributed by atoms with Gasteiger partial charge in [-0.25, -0.2) is 4.68 Å². The molecule has 2 aromatic heterocycles. The van der Waals surface area contributed by atoms with E-state index in [0.29, 0.717) is 6.54 Å². The molecule has 0 saturated heterocycles. The van der Waals surface area contributed by atoms with Crippen LogP contribution in [0.3, 0.4) is 0 Å². The van der Waals surface area contributed by atoms with Crippen molar-refractivity contribution in [2.45, 2.75) is 39.9 Å². The molecule has 0 spiro atoms. The average molecular weight is 310 g/mol. The lowest BCUT2D eigenvalue weighted by Gasteiger charge is -2.14. The topological polar surface area (TPSA) is 60.6 Å². The van der Waals surface area contributed by atoms with E-state index in [4.69, 9.17) is 0 Å². The van der Waals surface area contributed by atoms with Gasteiger partial charge in [0.2, 0.25) is 0 Å². The van der Waals surface area contributed by atoms with Gasteiger partial charge in [0.1, 0.15) is 0 Å². The van der Waals surface area contributed by atoms with Gasteiger partial charge >= 0.3 is 0 Å². The van der Waals surface area contributed by atoms with Crippen LogP contribution in [0, 0.1) is 6.92 Å². The first kappa shape index (κ1) is 15.4. The molecule has 23 heavy (non-hydrogen) atoms. The molecule has 0 radical (unpaired) electrons. The van der Waals surface area contributed by atoms with Gasteiger partial charge in [-0.1, -0.05) is 12.1 Å². The predicted molar refractivity (Wildman–Crippen MR) is 89.3 cm³/mol. The van der Waals surface area contributed by atoms with Crippen molar-refractivity contribution in [2.75, 3.05) is 0 Å². The SMILES string of the molecule is CCn1nc(C)c(CNC(C)c2cccc(-n3cccn3)c2)n1. The van der Waals surface area contributed by atoms with Crippen molar-refractivity contribution >= 4 is 0 Å². The maximum Gasteiger partial charge on any atom is 0.0994 e. The number of benzene rings is 1. The van der Waals surface area contributed by atoms with Crippen molar-refractivity contribution in [1.29, 1.82) is 0 Å². The zero-order chi connectivity index (χ0) is 16.2. The minimum atomic E-state index is 0.219. The Morgan fingerprint density at radius 1 is 1.22 bits per heavy atom. The molecule has 0 aliphatic heterocycles. The fraction of sp³-hybridized carbons (Fsp3) is 0.353. The second-order valence-corrected chi connectivity index (χ2v) is 5.57. The molecular weight excluding hydrogens is 288 g/mol. The molecule has 1 atom stereocenters. The zero-order valence-corrected chi connectivity index (χ0v) is 13.8. The summed E-state index contributed by atoms with van der Waals surface area (Å²) in [4.78, 5) is 1.73. The van der Waals surface area contributed by atoms with Gasteiger partial charge in [0.05, 0.1) is 23.6 Å². The van der Waals surface area contributed by atoms with E-state index in [1.165, 1.54) is 5.56 Å². The summed E-state index contributed by atoms with van der Waals surface area (Å²) in [5.41, 5.74) is 4.27. The number of hydrogen-bond acceptors (Lipinski definition) is 4. The zero-order valence-electron chi connectivity index (χ0n) is 13.8. The number of aromatic nitrogens is 5. The quantitative estimate of drug-likeness (QED) is 0.760. The van der Waals surface area contributed by atoms with Gasteiger partial charge in [0.25, 0.3) is 0 Å². The summed E-state index contributed by atoms with van der Waals surface area (Å²) in [5, 5.41) is 16.7. The third-order valence-corrected chi connectivity index (χ3v) is 3.92. The molecule has 0 fully saturated rings. The Morgan fingerprint density at radius 3 is 2.78 bits per heavy atom. The molecule has 0 saturated carbocycles. The minimum absolute atomic E-state index is 0.219. The first-order chi connectivity index (χ1) is 11.2. The van der Waals surface area contributed by atoms with Crippen molar-refractivity contribution in [3.05, 3.63) is 59.7 Å².